The molecule has 0 spiro atoms. The topological polar surface area (TPSA) is 29.1 Å². The zero-order valence-electron chi connectivity index (χ0n) is 7.40. The molecule has 0 aliphatic carbocycles. The number of carbonyl (C=O) groups is 1. The molecule has 0 radical (unpaired) electrons. The number of halogens is 3. The van der Waals surface area contributed by atoms with Gasteiger partial charge >= 0.3 is 0 Å². The normalized spacial score (nSPS) is 10.0. The van der Waals surface area contributed by atoms with E-state index < -0.39 is 11.7 Å². The van der Waals surface area contributed by atoms with Crippen LogP contribution in [0.1, 0.15) is 17.3 Å². The van der Waals surface area contributed by atoms with Crippen molar-refractivity contribution in [2.45, 2.75) is 6.92 Å². The first-order valence-electron chi connectivity index (χ1n) is 3.99. The molecule has 1 amide bonds. The van der Waals surface area contributed by atoms with Crippen LogP contribution in [-0.2, 0) is 0 Å². The Labute approximate surface area is 91.0 Å². The SMILES string of the molecule is CCNC(=O)c1cc(F)c(Cl)cc1Cl. The average molecular weight is 236 g/mol. The van der Waals surface area contributed by atoms with E-state index in [2.05, 4.69) is 5.32 Å². The van der Waals surface area contributed by atoms with E-state index in [0.717, 1.165) is 6.07 Å². The van der Waals surface area contributed by atoms with Crippen molar-refractivity contribution in [3.8, 4) is 0 Å². The molecule has 76 valence electrons. The summed E-state index contributed by atoms with van der Waals surface area (Å²) in [5.74, 6) is -1.06. The van der Waals surface area contributed by atoms with Crippen LogP contribution in [0.3, 0.4) is 0 Å². The van der Waals surface area contributed by atoms with Gasteiger partial charge in [-0.15, -0.1) is 0 Å². The van der Waals surface area contributed by atoms with Crippen molar-refractivity contribution in [3.63, 3.8) is 0 Å². The van der Waals surface area contributed by atoms with Crippen molar-refractivity contribution >= 4 is 29.1 Å². The highest BCUT2D eigenvalue weighted by Gasteiger charge is 2.12. The Morgan fingerprint density at radius 2 is 2.07 bits per heavy atom. The van der Waals surface area contributed by atoms with E-state index in [1.54, 1.807) is 6.92 Å². The van der Waals surface area contributed by atoms with Crippen LogP contribution in [0, 0.1) is 5.82 Å². The lowest BCUT2D eigenvalue weighted by Crippen LogP contribution is -2.23. The first-order chi connectivity index (χ1) is 6.56. The third kappa shape index (κ3) is 2.36. The Balaban J connectivity index is 3.09. The van der Waals surface area contributed by atoms with Gasteiger partial charge in [0.2, 0.25) is 0 Å². The highest BCUT2D eigenvalue weighted by molar-refractivity contribution is 6.36. The molecular formula is C9H8Cl2FNO. The number of rotatable bonds is 2. The fourth-order valence-corrected chi connectivity index (χ4v) is 1.42. The maximum absolute atomic E-state index is 13.0. The van der Waals surface area contributed by atoms with Crippen molar-refractivity contribution in [3.05, 3.63) is 33.6 Å². The third-order valence-electron chi connectivity index (χ3n) is 1.59. The Hall–Kier alpha value is -0.800. The molecule has 1 N–H and O–H groups in total. The van der Waals surface area contributed by atoms with Gasteiger partial charge in [-0.1, -0.05) is 23.2 Å². The van der Waals surface area contributed by atoms with Crippen LogP contribution in [-0.4, -0.2) is 12.5 Å². The molecule has 14 heavy (non-hydrogen) atoms. The van der Waals surface area contributed by atoms with Gasteiger partial charge in [0.1, 0.15) is 5.82 Å². The zero-order chi connectivity index (χ0) is 10.7. The molecule has 1 rings (SSSR count). The summed E-state index contributed by atoms with van der Waals surface area (Å²) in [6.45, 7) is 2.22. The summed E-state index contributed by atoms with van der Waals surface area (Å²) in [6.07, 6.45) is 0. The van der Waals surface area contributed by atoms with Crippen molar-refractivity contribution in [1.29, 1.82) is 0 Å². The lowest BCUT2D eigenvalue weighted by Gasteiger charge is -2.05. The summed E-state index contributed by atoms with van der Waals surface area (Å²) in [5.41, 5.74) is 0.0930. The lowest BCUT2D eigenvalue weighted by molar-refractivity contribution is 0.0955. The van der Waals surface area contributed by atoms with Gasteiger partial charge in [0.15, 0.2) is 0 Å². The molecule has 0 bridgehead atoms. The number of hydrogen-bond donors (Lipinski definition) is 1. The summed E-state index contributed by atoms with van der Waals surface area (Å²) in [4.78, 5) is 11.3. The molecule has 0 saturated carbocycles. The number of nitrogens with one attached hydrogen (secondary N) is 1. The Morgan fingerprint density at radius 3 is 2.64 bits per heavy atom. The van der Waals surface area contributed by atoms with Crippen LogP contribution < -0.4 is 5.32 Å². The molecular weight excluding hydrogens is 228 g/mol. The van der Waals surface area contributed by atoms with Crippen LogP contribution >= 0.6 is 23.2 Å². The monoisotopic (exact) mass is 235 g/mol. The van der Waals surface area contributed by atoms with Gasteiger partial charge in [0.25, 0.3) is 5.91 Å². The smallest absolute Gasteiger partial charge is 0.252 e. The first kappa shape index (κ1) is 11.3. The molecule has 0 aliphatic rings. The first-order valence-corrected chi connectivity index (χ1v) is 4.74. The van der Waals surface area contributed by atoms with E-state index in [0.29, 0.717) is 6.54 Å². The van der Waals surface area contributed by atoms with Gasteiger partial charge < -0.3 is 5.32 Å². The summed E-state index contributed by atoms with van der Waals surface area (Å²) in [6, 6.07) is 2.23. The minimum Gasteiger partial charge on any atom is -0.352 e. The van der Waals surface area contributed by atoms with Gasteiger partial charge in [0.05, 0.1) is 15.6 Å². The van der Waals surface area contributed by atoms with Gasteiger partial charge in [0, 0.05) is 6.54 Å². The molecule has 1 aromatic carbocycles. The van der Waals surface area contributed by atoms with Crippen LogP contribution in [0.15, 0.2) is 12.1 Å². The van der Waals surface area contributed by atoms with Crippen LogP contribution in [0.4, 0.5) is 4.39 Å². The Bertz CT molecular complexity index is 368. The molecule has 0 unspecified atom stereocenters. The quantitative estimate of drug-likeness (QED) is 0.786. The second kappa shape index (κ2) is 4.62. The standard InChI is InChI=1S/C9H8Cl2FNO/c1-2-13-9(14)5-3-8(12)7(11)4-6(5)10/h3-4H,2H2,1H3,(H,13,14). The van der Waals surface area contributed by atoms with E-state index in [4.69, 9.17) is 23.2 Å². The molecule has 0 atom stereocenters. The van der Waals surface area contributed by atoms with Gasteiger partial charge in [-0.3, -0.25) is 4.79 Å². The zero-order valence-corrected chi connectivity index (χ0v) is 8.92. The van der Waals surface area contributed by atoms with Gasteiger partial charge in [-0.05, 0) is 19.1 Å². The molecule has 0 aliphatic heterocycles. The minimum absolute atomic E-state index is 0.0930. The van der Waals surface area contributed by atoms with Crippen molar-refractivity contribution in [1.82, 2.24) is 5.32 Å². The van der Waals surface area contributed by atoms with Crippen LogP contribution in [0.2, 0.25) is 10.0 Å². The number of hydrogen-bond acceptors (Lipinski definition) is 1. The fraction of sp³-hybridized carbons (Fsp3) is 0.222. The Kier molecular flexibility index (Phi) is 3.72. The largest absolute Gasteiger partial charge is 0.352 e. The predicted molar refractivity (Wildman–Crippen MR) is 54.4 cm³/mol. The molecule has 1 aromatic rings. The van der Waals surface area contributed by atoms with Crippen molar-refractivity contribution < 1.29 is 9.18 Å². The number of carbonyl (C=O) groups excluding carboxylic acids is 1. The summed E-state index contributed by atoms with van der Waals surface area (Å²) in [7, 11) is 0. The number of amides is 1. The van der Waals surface area contributed by atoms with Gasteiger partial charge in [-0.25, -0.2) is 4.39 Å². The lowest BCUT2D eigenvalue weighted by atomic mass is 10.2. The minimum atomic E-state index is -0.655. The number of benzene rings is 1. The summed E-state index contributed by atoms with van der Waals surface area (Å²) < 4.78 is 13.0. The van der Waals surface area contributed by atoms with E-state index in [1.807, 2.05) is 0 Å². The summed E-state index contributed by atoms with van der Waals surface area (Å²) >= 11 is 11.2. The molecule has 0 saturated heterocycles. The molecule has 0 aromatic heterocycles. The maximum atomic E-state index is 13.0. The molecule has 0 heterocycles. The molecule has 0 fully saturated rings. The molecule has 5 heteroatoms. The highest BCUT2D eigenvalue weighted by atomic mass is 35.5. The second-order valence-corrected chi connectivity index (χ2v) is 3.42. The third-order valence-corrected chi connectivity index (χ3v) is 2.19. The van der Waals surface area contributed by atoms with Crippen LogP contribution in [0.5, 0.6) is 0 Å². The van der Waals surface area contributed by atoms with E-state index in [1.165, 1.54) is 6.07 Å². The van der Waals surface area contributed by atoms with E-state index >= 15 is 0 Å². The average Bonchev–Trinajstić information content (AvgIpc) is 2.11. The maximum Gasteiger partial charge on any atom is 0.252 e. The van der Waals surface area contributed by atoms with E-state index in [9.17, 15) is 9.18 Å². The van der Waals surface area contributed by atoms with Crippen LogP contribution in [0.25, 0.3) is 0 Å². The highest BCUT2D eigenvalue weighted by Crippen LogP contribution is 2.24. The van der Waals surface area contributed by atoms with Crippen molar-refractivity contribution in [2.24, 2.45) is 0 Å². The second-order valence-electron chi connectivity index (χ2n) is 2.61. The Morgan fingerprint density at radius 1 is 1.43 bits per heavy atom. The van der Waals surface area contributed by atoms with Crippen molar-refractivity contribution in [2.75, 3.05) is 6.54 Å². The predicted octanol–water partition coefficient (Wildman–Crippen LogP) is 2.88. The van der Waals surface area contributed by atoms with Gasteiger partial charge in [-0.2, -0.15) is 0 Å². The van der Waals surface area contributed by atoms with E-state index in [-0.39, 0.29) is 15.6 Å². The fourth-order valence-electron chi connectivity index (χ4n) is 0.952. The summed E-state index contributed by atoms with van der Waals surface area (Å²) in [5, 5.41) is 2.56. The molecule has 2 nitrogen and oxygen atoms in total.